The van der Waals surface area contributed by atoms with E-state index < -0.39 is 38.5 Å². The maximum atomic E-state index is 13.7. The zero-order valence-corrected chi connectivity index (χ0v) is 19.3. The first-order valence-electron chi connectivity index (χ1n) is 11.4. The van der Waals surface area contributed by atoms with Crippen molar-refractivity contribution < 1.29 is 26.4 Å². The SMILES string of the molecule is O=C(NCc1ccc(CS(=O)(=O)C2CC2)cc1C(F)(F)F)c1ccc2c(ccn2CC2CC2)c1. The number of carbonyl (C=O) groups is 1. The van der Waals surface area contributed by atoms with Gasteiger partial charge in [0.2, 0.25) is 0 Å². The first-order chi connectivity index (χ1) is 16.1. The van der Waals surface area contributed by atoms with Gasteiger partial charge in [0.15, 0.2) is 9.84 Å². The summed E-state index contributed by atoms with van der Waals surface area (Å²) >= 11 is 0. The van der Waals surface area contributed by atoms with Crippen molar-refractivity contribution in [3.05, 3.63) is 70.9 Å². The molecular formula is C25H25F3N2O3S. The molecule has 5 rings (SSSR count). The van der Waals surface area contributed by atoms with E-state index in [1.807, 2.05) is 18.3 Å². The molecule has 3 aromatic rings. The van der Waals surface area contributed by atoms with E-state index in [0.717, 1.165) is 23.5 Å². The molecule has 1 N–H and O–H groups in total. The topological polar surface area (TPSA) is 68.2 Å². The maximum Gasteiger partial charge on any atom is 0.416 e. The molecule has 0 unspecified atom stereocenters. The number of benzene rings is 2. The highest BCUT2D eigenvalue weighted by Crippen LogP contribution is 2.35. The summed E-state index contributed by atoms with van der Waals surface area (Å²) in [5, 5.41) is 3.04. The summed E-state index contributed by atoms with van der Waals surface area (Å²) in [6.07, 6.45) is 0.925. The van der Waals surface area contributed by atoms with Crippen LogP contribution in [0.1, 0.15) is 52.7 Å². The first kappa shape index (κ1) is 23.0. The molecular weight excluding hydrogens is 465 g/mol. The van der Waals surface area contributed by atoms with Crippen LogP contribution in [0.5, 0.6) is 0 Å². The Morgan fingerprint density at radius 1 is 1.03 bits per heavy atom. The lowest BCUT2D eigenvalue weighted by molar-refractivity contribution is -0.138. The molecule has 0 saturated heterocycles. The van der Waals surface area contributed by atoms with Crippen LogP contribution in [0.3, 0.4) is 0 Å². The number of nitrogens with one attached hydrogen (secondary N) is 1. The van der Waals surface area contributed by atoms with Gasteiger partial charge in [-0.05, 0) is 73.1 Å². The third-order valence-electron chi connectivity index (χ3n) is 6.50. The lowest BCUT2D eigenvalue weighted by Crippen LogP contribution is -2.24. The number of fused-ring (bicyclic) bond motifs is 1. The molecule has 2 aliphatic carbocycles. The number of alkyl halides is 3. The van der Waals surface area contributed by atoms with Crippen LogP contribution in [0.15, 0.2) is 48.7 Å². The highest BCUT2D eigenvalue weighted by atomic mass is 32.2. The summed E-state index contributed by atoms with van der Waals surface area (Å²) in [6.45, 7) is 0.636. The number of halogens is 3. The number of hydrogen-bond donors (Lipinski definition) is 1. The Labute approximate surface area is 195 Å². The number of amides is 1. The monoisotopic (exact) mass is 490 g/mol. The predicted octanol–water partition coefficient (Wildman–Crippen LogP) is 5.08. The molecule has 0 spiro atoms. The quantitative estimate of drug-likeness (QED) is 0.479. The molecule has 0 bridgehead atoms. The third kappa shape index (κ3) is 4.99. The second-order valence-corrected chi connectivity index (χ2v) is 11.6. The van der Waals surface area contributed by atoms with E-state index in [4.69, 9.17) is 0 Å². The molecule has 0 radical (unpaired) electrons. The molecule has 5 nitrogen and oxygen atoms in total. The van der Waals surface area contributed by atoms with Crippen molar-refractivity contribution in [2.75, 3.05) is 0 Å². The number of sulfone groups is 1. The summed E-state index contributed by atoms with van der Waals surface area (Å²) < 4.78 is 67.6. The van der Waals surface area contributed by atoms with Gasteiger partial charge in [-0.2, -0.15) is 13.2 Å². The molecule has 0 atom stereocenters. The minimum absolute atomic E-state index is 0.106. The van der Waals surface area contributed by atoms with Gasteiger partial charge in [-0.25, -0.2) is 8.42 Å². The molecule has 180 valence electrons. The lowest BCUT2D eigenvalue weighted by Gasteiger charge is -2.15. The van der Waals surface area contributed by atoms with Gasteiger partial charge >= 0.3 is 6.18 Å². The summed E-state index contributed by atoms with van der Waals surface area (Å²) in [4.78, 5) is 12.7. The van der Waals surface area contributed by atoms with Crippen molar-refractivity contribution in [2.45, 2.75) is 56.0 Å². The third-order valence-corrected chi connectivity index (χ3v) is 8.73. The molecule has 2 saturated carbocycles. The smallest absolute Gasteiger partial charge is 0.348 e. The van der Waals surface area contributed by atoms with Gasteiger partial charge in [-0.15, -0.1) is 0 Å². The van der Waals surface area contributed by atoms with Crippen molar-refractivity contribution in [1.82, 2.24) is 9.88 Å². The second-order valence-electron chi connectivity index (χ2n) is 9.36. The van der Waals surface area contributed by atoms with Gasteiger partial charge in [0.05, 0.1) is 16.6 Å². The zero-order valence-electron chi connectivity index (χ0n) is 18.4. The number of hydrogen-bond acceptors (Lipinski definition) is 3. The summed E-state index contributed by atoms with van der Waals surface area (Å²) in [5.74, 6) is -0.166. The zero-order chi connectivity index (χ0) is 24.1. The Kier molecular flexibility index (Phi) is 5.70. The van der Waals surface area contributed by atoms with Crippen molar-refractivity contribution >= 4 is 26.6 Å². The fourth-order valence-electron chi connectivity index (χ4n) is 4.27. The van der Waals surface area contributed by atoms with E-state index in [-0.39, 0.29) is 17.7 Å². The first-order valence-corrected chi connectivity index (χ1v) is 13.1. The number of carbonyl (C=O) groups excluding carboxylic acids is 1. The Morgan fingerprint density at radius 3 is 2.47 bits per heavy atom. The molecule has 1 heterocycles. The van der Waals surface area contributed by atoms with E-state index in [1.165, 1.54) is 25.0 Å². The Bertz CT molecular complexity index is 1350. The van der Waals surface area contributed by atoms with Crippen molar-refractivity contribution in [2.24, 2.45) is 5.92 Å². The van der Waals surface area contributed by atoms with Gasteiger partial charge in [0, 0.05) is 35.8 Å². The van der Waals surface area contributed by atoms with Crippen molar-refractivity contribution in [3.8, 4) is 0 Å². The van der Waals surface area contributed by atoms with Gasteiger partial charge in [-0.1, -0.05) is 12.1 Å². The van der Waals surface area contributed by atoms with E-state index in [0.29, 0.717) is 24.3 Å². The van der Waals surface area contributed by atoms with Crippen LogP contribution >= 0.6 is 0 Å². The average molecular weight is 491 g/mol. The Balaban J connectivity index is 1.31. The second kappa shape index (κ2) is 8.45. The number of aromatic nitrogens is 1. The minimum Gasteiger partial charge on any atom is -0.348 e. The van der Waals surface area contributed by atoms with Crippen molar-refractivity contribution in [3.63, 3.8) is 0 Å². The van der Waals surface area contributed by atoms with Crippen LogP contribution in [0.25, 0.3) is 10.9 Å². The molecule has 1 aromatic heterocycles. The lowest BCUT2D eigenvalue weighted by atomic mass is 10.0. The average Bonchev–Trinajstić information content (AvgIpc) is 3.69. The standard InChI is InChI=1S/C25H25F3N2O3S/c26-25(27,28)22-11-17(15-34(32,33)21-6-7-21)3-4-20(22)13-29-24(31)19-5-8-23-18(12-19)9-10-30(23)14-16-1-2-16/h3-5,8-12,16,21H,1-2,6-7,13-15H2,(H,29,31). The van der Waals surface area contributed by atoms with Crippen LogP contribution in [-0.4, -0.2) is 24.1 Å². The van der Waals surface area contributed by atoms with Gasteiger partial charge in [0.1, 0.15) is 0 Å². The van der Waals surface area contributed by atoms with Gasteiger partial charge in [-0.3, -0.25) is 4.79 Å². The molecule has 1 amide bonds. The van der Waals surface area contributed by atoms with Crippen molar-refractivity contribution in [1.29, 1.82) is 0 Å². The molecule has 2 aromatic carbocycles. The van der Waals surface area contributed by atoms with E-state index in [9.17, 15) is 26.4 Å². The van der Waals surface area contributed by atoms with E-state index in [1.54, 1.807) is 12.1 Å². The van der Waals surface area contributed by atoms with E-state index in [2.05, 4.69) is 9.88 Å². The van der Waals surface area contributed by atoms with Crippen LogP contribution in [0.4, 0.5) is 13.2 Å². The van der Waals surface area contributed by atoms with Gasteiger partial charge in [0.25, 0.3) is 5.91 Å². The normalized spacial score (nSPS) is 16.7. The molecule has 0 aliphatic heterocycles. The summed E-state index contributed by atoms with van der Waals surface area (Å²) in [5.41, 5.74) is 0.473. The molecule has 34 heavy (non-hydrogen) atoms. The number of nitrogens with zero attached hydrogens (tertiary/aromatic N) is 1. The number of rotatable bonds is 8. The van der Waals surface area contributed by atoms with E-state index >= 15 is 0 Å². The van der Waals surface area contributed by atoms with Crippen LogP contribution in [0.2, 0.25) is 0 Å². The predicted molar refractivity (Wildman–Crippen MR) is 123 cm³/mol. The van der Waals surface area contributed by atoms with Crippen LogP contribution in [0, 0.1) is 5.92 Å². The fourth-order valence-corrected chi connectivity index (χ4v) is 6.00. The summed E-state index contributed by atoms with van der Waals surface area (Å²) in [6, 6.07) is 10.7. The fraction of sp³-hybridized carbons (Fsp3) is 0.400. The Morgan fingerprint density at radius 2 is 1.79 bits per heavy atom. The highest BCUT2D eigenvalue weighted by molar-refractivity contribution is 7.91. The minimum atomic E-state index is -4.66. The summed E-state index contributed by atoms with van der Waals surface area (Å²) in [7, 11) is -3.44. The highest BCUT2D eigenvalue weighted by Gasteiger charge is 2.37. The van der Waals surface area contributed by atoms with Gasteiger partial charge < -0.3 is 9.88 Å². The molecule has 2 aliphatic rings. The maximum absolute atomic E-state index is 13.7. The molecule has 9 heteroatoms. The molecule has 2 fully saturated rings. The largest absolute Gasteiger partial charge is 0.416 e. The Hall–Kier alpha value is -2.81. The van der Waals surface area contributed by atoms with Crippen LogP contribution < -0.4 is 5.32 Å². The van der Waals surface area contributed by atoms with Crippen LogP contribution in [-0.2, 0) is 34.9 Å².